The number of rotatable bonds is 8. The van der Waals surface area contributed by atoms with E-state index in [4.69, 9.17) is 4.98 Å². The van der Waals surface area contributed by atoms with E-state index >= 15 is 0 Å². The van der Waals surface area contributed by atoms with Gasteiger partial charge in [-0.05, 0) is 94.8 Å². The Balaban J connectivity index is 1.26. The Morgan fingerprint density at radius 3 is 2.48 bits per heavy atom. The van der Waals surface area contributed by atoms with Crippen molar-refractivity contribution in [2.75, 3.05) is 18.4 Å². The van der Waals surface area contributed by atoms with Crippen LogP contribution in [0.2, 0.25) is 0 Å². The summed E-state index contributed by atoms with van der Waals surface area (Å²) in [5, 5.41) is 14.2. The number of pyridine rings is 1. The lowest BCUT2D eigenvalue weighted by Crippen LogP contribution is -2.46. The summed E-state index contributed by atoms with van der Waals surface area (Å²) in [6.45, 7) is 10.00. The van der Waals surface area contributed by atoms with Crippen molar-refractivity contribution in [1.82, 2.24) is 29.2 Å². The summed E-state index contributed by atoms with van der Waals surface area (Å²) in [5.74, 6) is 1.48. The van der Waals surface area contributed by atoms with Gasteiger partial charge in [-0.25, -0.2) is 19.3 Å². The molecule has 0 radical (unpaired) electrons. The molecular weight excluding hydrogens is 502 g/mol. The molecular formula is C31H37N7O2. The first-order chi connectivity index (χ1) is 19.3. The number of aliphatic hydroxyl groups is 1. The fourth-order valence-corrected chi connectivity index (χ4v) is 5.94. The third-order valence-corrected chi connectivity index (χ3v) is 8.30. The summed E-state index contributed by atoms with van der Waals surface area (Å²) >= 11 is 0. The van der Waals surface area contributed by atoms with Crippen LogP contribution >= 0.6 is 0 Å². The van der Waals surface area contributed by atoms with Crippen LogP contribution in [0.25, 0.3) is 16.9 Å². The number of likely N-dealkylation sites (tertiary alicyclic amines) is 1. The standard InChI is InChI=1S/C31H37N7O2/c1-4-17-37-29(39)25-20-32-30(35-28(25)38(37)27-8-5-7-26(34-27)31(2,3)40)33-23-13-9-21(10-14-23)22-11-15-24(16-12-22)36-18-6-19-36/h4-5,7-10,13-14,20,22,24,40H,1,6,11-12,15-19H2,2-3H3,(H,32,33,35)/t22-,24-. The molecule has 40 heavy (non-hydrogen) atoms. The van der Waals surface area contributed by atoms with E-state index in [2.05, 4.69) is 51.0 Å². The number of nitrogens with zero attached hydrogens (tertiary/aromatic N) is 6. The minimum absolute atomic E-state index is 0.231. The van der Waals surface area contributed by atoms with Crippen molar-refractivity contribution in [1.29, 1.82) is 0 Å². The zero-order chi connectivity index (χ0) is 27.9. The first-order valence-corrected chi connectivity index (χ1v) is 14.2. The van der Waals surface area contributed by atoms with Gasteiger partial charge in [0.15, 0.2) is 11.5 Å². The van der Waals surface area contributed by atoms with Crippen molar-refractivity contribution in [2.45, 2.75) is 70.1 Å². The maximum atomic E-state index is 13.2. The van der Waals surface area contributed by atoms with Crippen LogP contribution in [-0.2, 0) is 12.1 Å². The van der Waals surface area contributed by atoms with Crippen LogP contribution in [0.4, 0.5) is 11.6 Å². The van der Waals surface area contributed by atoms with Gasteiger partial charge in [0.2, 0.25) is 5.95 Å². The first-order valence-electron chi connectivity index (χ1n) is 14.2. The van der Waals surface area contributed by atoms with Crippen LogP contribution in [0, 0.1) is 0 Å². The van der Waals surface area contributed by atoms with E-state index in [1.165, 1.54) is 55.4 Å². The Labute approximate surface area is 234 Å². The maximum Gasteiger partial charge on any atom is 0.278 e. The lowest BCUT2D eigenvalue weighted by molar-refractivity contribution is 0.0738. The van der Waals surface area contributed by atoms with Crippen molar-refractivity contribution in [2.24, 2.45) is 0 Å². The number of nitrogens with one attached hydrogen (secondary N) is 1. The Kier molecular flexibility index (Phi) is 7.02. The van der Waals surface area contributed by atoms with Gasteiger partial charge in [0.25, 0.3) is 5.56 Å². The van der Waals surface area contributed by atoms with Gasteiger partial charge in [-0.1, -0.05) is 24.3 Å². The molecule has 1 aliphatic carbocycles. The zero-order valence-corrected chi connectivity index (χ0v) is 23.3. The summed E-state index contributed by atoms with van der Waals surface area (Å²) in [7, 11) is 0. The highest BCUT2D eigenvalue weighted by Gasteiger charge is 2.29. The topological polar surface area (TPSA) is 101 Å². The zero-order valence-electron chi connectivity index (χ0n) is 23.3. The fraction of sp³-hybridized carbons (Fsp3) is 0.419. The molecule has 4 aromatic rings. The number of anilines is 2. The number of hydrogen-bond donors (Lipinski definition) is 2. The third-order valence-electron chi connectivity index (χ3n) is 8.30. The molecule has 1 saturated carbocycles. The molecule has 2 fully saturated rings. The second-order valence-corrected chi connectivity index (χ2v) is 11.5. The molecule has 2 aliphatic rings. The quantitative estimate of drug-likeness (QED) is 0.308. The van der Waals surface area contributed by atoms with Crippen LogP contribution in [-0.4, -0.2) is 53.5 Å². The van der Waals surface area contributed by atoms with Crippen LogP contribution < -0.4 is 10.9 Å². The fourth-order valence-electron chi connectivity index (χ4n) is 5.94. The van der Waals surface area contributed by atoms with E-state index in [0.717, 1.165) is 11.7 Å². The molecule has 208 valence electrons. The summed E-state index contributed by atoms with van der Waals surface area (Å²) in [5.41, 5.74) is 1.83. The number of allylic oxidation sites excluding steroid dienone is 1. The van der Waals surface area contributed by atoms with Crippen LogP contribution in [0.1, 0.15) is 63.1 Å². The van der Waals surface area contributed by atoms with Gasteiger partial charge in [0.1, 0.15) is 11.0 Å². The van der Waals surface area contributed by atoms with Crippen LogP contribution in [0.15, 0.2) is 66.1 Å². The van der Waals surface area contributed by atoms with Gasteiger partial charge in [-0.2, -0.15) is 4.98 Å². The SMILES string of the molecule is C=CCn1c(=O)c2cnc(Nc3ccc([C@H]4CC[C@H](N5CCC5)CC4)cc3)nc2n1-c1cccc(C(C)(C)O)n1. The normalized spacial score (nSPS) is 19.9. The monoisotopic (exact) mass is 539 g/mol. The van der Waals surface area contributed by atoms with E-state index in [1.807, 2.05) is 6.07 Å². The van der Waals surface area contributed by atoms with Gasteiger partial charge in [0, 0.05) is 17.9 Å². The second kappa shape index (κ2) is 10.6. The summed E-state index contributed by atoms with van der Waals surface area (Å²) < 4.78 is 3.19. The minimum Gasteiger partial charge on any atom is -0.384 e. The number of benzene rings is 1. The van der Waals surface area contributed by atoms with Crippen molar-refractivity contribution < 1.29 is 5.11 Å². The second-order valence-electron chi connectivity index (χ2n) is 11.5. The average molecular weight is 540 g/mol. The van der Waals surface area contributed by atoms with Gasteiger partial charge >= 0.3 is 0 Å². The molecule has 0 amide bonds. The van der Waals surface area contributed by atoms with E-state index < -0.39 is 5.60 Å². The number of hydrogen-bond acceptors (Lipinski definition) is 7. The van der Waals surface area contributed by atoms with Crippen LogP contribution in [0.3, 0.4) is 0 Å². The summed E-state index contributed by atoms with van der Waals surface area (Å²) in [4.78, 5) is 29.7. The van der Waals surface area contributed by atoms with E-state index in [0.29, 0.717) is 34.4 Å². The molecule has 9 heteroatoms. The van der Waals surface area contributed by atoms with Gasteiger partial charge in [-0.15, -0.1) is 6.58 Å². The van der Waals surface area contributed by atoms with Crippen molar-refractivity contribution in [3.05, 3.63) is 82.9 Å². The predicted molar refractivity (Wildman–Crippen MR) is 157 cm³/mol. The molecule has 2 N–H and O–H groups in total. The number of fused-ring (bicyclic) bond motifs is 1. The van der Waals surface area contributed by atoms with Crippen LogP contribution in [0.5, 0.6) is 0 Å². The van der Waals surface area contributed by atoms with E-state index in [1.54, 1.807) is 42.9 Å². The first kappa shape index (κ1) is 26.4. The highest BCUT2D eigenvalue weighted by molar-refractivity contribution is 5.77. The third kappa shape index (κ3) is 5.07. The van der Waals surface area contributed by atoms with Gasteiger partial charge < -0.3 is 15.3 Å². The molecule has 3 aromatic heterocycles. The Morgan fingerprint density at radius 2 is 1.82 bits per heavy atom. The molecule has 9 nitrogen and oxygen atoms in total. The molecule has 0 spiro atoms. The number of aromatic nitrogens is 5. The van der Waals surface area contributed by atoms with Gasteiger partial charge in [-0.3, -0.25) is 4.79 Å². The van der Waals surface area contributed by atoms with Crippen molar-refractivity contribution >= 4 is 22.7 Å². The summed E-state index contributed by atoms with van der Waals surface area (Å²) in [6.07, 6.45) is 9.63. The molecule has 1 aromatic carbocycles. The molecule has 0 atom stereocenters. The molecule has 6 rings (SSSR count). The molecule has 0 unspecified atom stereocenters. The maximum absolute atomic E-state index is 13.2. The minimum atomic E-state index is -1.13. The largest absolute Gasteiger partial charge is 0.384 e. The van der Waals surface area contributed by atoms with E-state index in [-0.39, 0.29) is 12.1 Å². The molecule has 1 saturated heterocycles. The Morgan fingerprint density at radius 1 is 1.07 bits per heavy atom. The highest BCUT2D eigenvalue weighted by Crippen LogP contribution is 2.36. The molecule has 1 aliphatic heterocycles. The molecule has 4 heterocycles. The Hall–Kier alpha value is -3.82. The van der Waals surface area contributed by atoms with E-state index in [9.17, 15) is 9.90 Å². The van der Waals surface area contributed by atoms with Crippen molar-refractivity contribution in [3.8, 4) is 5.82 Å². The van der Waals surface area contributed by atoms with Crippen molar-refractivity contribution in [3.63, 3.8) is 0 Å². The lowest BCUT2D eigenvalue weighted by atomic mass is 9.80. The predicted octanol–water partition coefficient (Wildman–Crippen LogP) is 4.87. The summed E-state index contributed by atoms with van der Waals surface area (Å²) in [6, 6.07) is 14.7. The molecule has 0 bridgehead atoms. The average Bonchev–Trinajstić information content (AvgIpc) is 3.19. The highest BCUT2D eigenvalue weighted by atomic mass is 16.3. The van der Waals surface area contributed by atoms with Gasteiger partial charge in [0.05, 0.1) is 12.2 Å². The smallest absolute Gasteiger partial charge is 0.278 e. The lowest BCUT2D eigenvalue weighted by Gasteiger charge is -2.42. The Bertz CT molecular complexity index is 1570.